The first kappa shape index (κ1) is 13.8. The van der Waals surface area contributed by atoms with E-state index in [1.165, 1.54) is 12.8 Å². The summed E-state index contributed by atoms with van der Waals surface area (Å²) < 4.78 is 0. The maximum Gasteiger partial charge on any atom is 0.225 e. The molecule has 0 spiro atoms. The van der Waals surface area contributed by atoms with Crippen molar-refractivity contribution in [2.45, 2.75) is 26.7 Å². The summed E-state index contributed by atoms with van der Waals surface area (Å²) in [5.74, 6) is 1.97. The van der Waals surface area contributed by atoms with Gasteiger partial charge in [0.05, 0.1) is 0 Å². The van der Waals surface area contributed by atoms with E-state index in [1.54, 1.807) is 0 Å². The summed E-state index contributed by atoms with van der Waals surface area (Å²) in [4.78, 5) is 14.2. The first-order chi connectivity index (χ1) is 7.22. The lowest BCUT2D eigenvalue weighted by molar-refractivity contribution is -0.137. The summed E-state index contributed by atoms with van der Waals surface area (Å²) in [5, 5.41) is 3.24. The Balaban J connectivity index is 0.00000128. The molecule has 0 aromatic heterocycles. The van der Waals surface area contributed by atoms with Gasteiger partial charge in [-0.2, -0.15) is 0 Å². The lowest BCUT2D eigenvalue weighted by Gasteiger charge is -2.34. The number of carbonyl (C=O) groups excluding carboxylic acids is 1. The van der Waals surface area contributed by atoms with Crippen LogP contribution in [-0.2, 0) is 4.79 Å². The Morgan fingerprint density at radius 1 is 1.44 bits per heavy atom. The Bertz CT molecular complexity index is 239. The van der Waals surface area contributed by atoms with Crippen molar-refractivity contribution in [3.63, 3.8) is 0 Å². The summed E-state index contributed by atoms with van der Waals surface area (Å²) in [6.07, 6.45) is 2.65. The van der Waals surface area contributed by atoms with Gasteiger partial charge in [0.15, 0.2) is 0 Å². The molecule has 1 aliphatic carbocycles. The molecule has 1 saturated heterocycles. The minimum Gasteiger partial charge on any atom is -0.342 e. The Hall–Kier alpha value is -0.280. The first-order valence-corrected chi connectivity index (χ1v) is 6.22. The van der Waals surface area contributed by atoms with Crippen molar-refractivity contribution in [2.24, 2.45) is 17.8 Å². The molecule has 2 fully saturated rings. The van der Waals surface area contributed by atoms with Crippen LogP contribution >= 0.6 is 12.4 Å². The fraction of sp³-hybridized carbons (Fsp3) is 0.917. The van der Waals surface area contributed by atoms with Gasteiger partial charge in [0.1, 0.15) is 0 Å². The maximum atomic E-state index is 12.2. The maximum absolute atomic E-state index is 12.2. The number of halogens is 1. The number of hydrogen-bond acceptors (Lipinski definition) is 2. The smallest absolute Gasteiger partial charge is 0.225 e. The van der Waals surface area contributed by atoms with E-state index in [1.807, 2.05) is 0 Å². The lowest BCUT2D eigenvalue weighted by Crippen LogP contribution is -2.50. The quantitative estimate of drug-likeness (QED) is 0.798. The van der Waals surface area contributed by atoms with Crippen molar-refractivity contribution in [3.05, 3.63) is 0 Å². The monoisotopic (exact) mass is 246 g/mol. The summed E-state index contributed by atoms with van der Waals surface area (Å²) in [5.41, 5.74) is 0. The second-order valence-electron chi connectivity index (χ2n) is 5.03. The van der Waals surface area contributed by atoms with Crippen LogP contribution in [0.3, 0.4) is 0 Å². The highest BCUT2D eigenvalue weighted by Crippen LogP contribution is 2.30. The number of hydrogen-bond donors (Lipinski definition) is 1. The molecule has 16 heavy (non-hydrogen) atoms. The summed E-state index contributed by atoms with van der Waals surface area (Å²) in [6, 6.07) is 0. The van der Waals surface area contributed by atoms with Gasteiger partial charge in [0, 0.05) is 19.0 Å². The molecule has 94 valence electrons. The fourth-order valence-electron chi connectivity index (χ4n) is 2.14. The van der Waals surface area contributed by atoms with Crippen LogP contribution in [0.1, 0.15) is 26.7 Å². The van der Waals surface area contributed by atoms with Crippen molar-refractivity contribution in [3.8, 4) is 0 Å². The largest absolute Gasteiger partial charge is 0.342 e. The zero-order chi connectivity index (χ0) is 10.8. The highest BCUT2D eigenvalue weighted by Gasteiger charge is 2.33. The van der Waals surface area contributed by atoms with Gasteiger partial charge in [-0.05, 0) is 44.7 Å². The third-order valence-electron chi connectivity index (χ3n) is 3.78. The molecule has 1 N–H and O–H groups in total. The van der Waals surface area contributed by atoms with Crippen molar-refractivity contribution in [1.82, 2.24) is 10.2 Å². The predicted molar refractivity (Wildman–Crippen MR) is 67.7 cm³/mol. The van der Waals surface area contributed by atoms with Gasteiger partial charge in [0.25, 0.3) is 0 Å². The topological polar surface area (TPSA) is 32.3 Å². The average Bonchev–Trinajstić information content (AvgIpc) is 2.93. The van der Waals surface area contributed by atoms with E-state index < -0.39 is 0 Å². The van der Waals surface area contributed by atoms with Crippen molar-refractivity contribution < 1.29 is 4.79 Å². The second-order valence-corrected chi connectivity index (χ2v) is 5.03. The van der Waals surface area contributed by atoms with E-state index in [9.17, 15) is 4.79 Å². The molecule has 3 nitrogen and oxygen atoms in total. The van der Waals surface area contributed by atoms with Crippen LogP contribution in [0.4, 0.5) is 0 Å². The number of rotatable bonds is 5. The Labute approximate surface area is 104 Å². The molecule has 4 heteroatoms. The van der Waals surface area contributed by atoms with Crippen LogP contribution in [0.2, 0.25) is 0 Å². The van der Waals surface area contributed by atoms with Crippen molar-refractivity contribution in [1.29, 1.82) is 0 Å². The van der Waals surface area contributed by atoms with Gasteiger partial charge < -0.3 is 10.2 Å². The molecule has 1 saturated carbocycles. The zero-order valence-corrected chi connectivity index (χ0v) is 11.1. The van der Waals surface area contributed by atoms with Gasteiger partial charge in [-0.25, -0.2) is 0 Å². The van der Waals surface area contributed by atoms with Gasteiger partial charge in [-0.15, -0.1) is 12.4 Å². The summed E-state index contributed by atoms with van der Waals surface area (Å²) in [6.45, 7) is 8.09. The van der Waals surface area contributed by atoms with E-state index in [4.69, 9.17) is 0 Å². The van der Waals surface area contributed by atoms with E-state index in [0.717, 1.165) is 32.1 Å². The van der Waals surface area contributed by atoms with Crippen molar-refractivity contribution in [2.75, 3.05) is 26.2 Å². The first-order valence-electron chi connectivity index (χ1n) is 6.22. The van der Waals surface area contributed by atoms with Gasteiger partial charge in [-0.1, -0.05) is 6.92 Å². The molecule has 0 bridgehead atoms. The van der Waals surface area contributed by atoms with E-state index in [0.29, 0.717) is 11.8 Å². The molecular weight excluding hydrogens is 224 g/mol. The molecule has 1 unspecified atom stereocenters. The Morgan fingerprint density at radius 2 is 2.06 bits per heavy atom. The highest BCUT2D eigenvalue weighted by molar-refractivity contribution is 5.85. The number of amides is 1. The molecule has 1 atom stereocenters. The predicted octanol–water partition coefficient (Wildman–Crippen LogP) is 1.52. The van der Waals surface area contributed by atoms with Gasteiger partial charge >= 0.3 is 0 Å². The van der Waals surface area contributed by atoms with Crippen molar-refractivity contribution >= 4 is 18.3 Å². The van der Waals surface area contributed by atoms with Crippen LogP contribution in [-0.4, -0.2) is 37.0 Å². The van der Waals surface area contributed by atoms with Crippen LogP contribution in [0.5, 0.6) is 0 Å². The standard InChI is InChI=1S/C12H22N2O.ClH/c1-3-14(8-10-4-5-10)12(15)9(2)11-6-13-7-11;/h9-11,13H,3-8H2,1-2H3;1H. The summed E-state index contributed by atoms with van der Waals surface area (Å²) >= 11 is 0. The third kappa shape index (κ3) is 3.11. The van der Waals surface area contributed by atoms with Crippen LogP contribution in [0.25, 0.3) is 0 Å². The molecular formula is C12H23ClN2O. The van der Waals surface area contributed by atoms with Crippen LogP contribution in [0, 0.1) is 17.8 Å². The Kier molecular flexibility index (Phi) is 5.06. The highest BCUT2D eigenvalue weighted by atomic mass is 35.5. The fourth-order valence-corrected chi connectivity index (χ4v) is 2.14. The molecule has 1 amide bonds. The number of nitrogens with one attached hydrogen (secondary N) is 1. The number of carbonyl (C=O) groups is 1. The van der Waals surface area contributed by atoms with Gasteiger partial charge in [0.2, 0.25) is 5.91 Å². The zero-order valence-electron chi connectivity index (χ0n) is 10.2. The minimum absolute atomic E-state index is 0. The number of nitrogens with zero attached hydrogens (tertiary/aromatic N) is 1. The van der Waals surface area contributed by atoms with Crippen LogP contribution in [0.15, 0.2) is 0 Å². The van der Waals surface area contributed by atoms with E-state index >= 15 is 0 Å². The molecule has 1 aliphatic heterocycles. The second kappa shape index (κ2) is 5.87. The molecule has 0 aromatic rings. The molecule has 2 aliphatic rings. The molecule has 0 radical (unpaired) electrons. The lowest BCUT2D eigenvalue weighted by atomic mass is 9.88. The minimum atomic E-state index is 0. The molecule has 1 heterocycles. The molecule has 0 aromatic carbocycles. The molecule has 2 rings (SSSR count). The van der Waals surface area contributed by atoms with E-state index in [2.05, 4.69) is 24.1 Å². The van der Waals surface area contributed by atoms with Crippen LogP contribution < -0.4 is 5.32 Å². The van der Waals surface area contributed by atoms with E-state index in [-0.39, 0.29) is 18.3 Å². The average molecular weight is 247 g/mol. The third-order valence-corrected chi connectivity index (χ3v) is 3.78. The normalized spacial score (nSPS) is 21.9. The summed E-state index contributed by atoms with van der Waals surface area (Å²) in [7, 11) is 0. The Morgan fingerprint density at radius 3 is 2.44 bits per heavy atom. The van der Waals surface area contributed by atoms with Gasteiger partial charge in [-0.3, -0.25) is 4.79 Å². The SMILES string of the molecule is CCN(CC1CC1)C(=O)C(C)C1CNC1.Cl.